The fourth-order valence-corrected chi connectivity index (χ4v) is 4.01. The number of para-hydroxylation sites is 1. The summed E-state index contributed by atoms with van der Waals surface area (Å²) in [5.74, 6) is -0.104. The fraction of sp³-hybridized carbons (Fsp3) is 0.381. The molecule has 140 valence electrons. The molecule has 1 aliphatic carbocycles. The number of amides is 1. The topological polar surface area (TPSA) is 64.7 Å². The van der Waals surface area contributed by atoms with Crippen molar-refractivity contribution < 1.29 is 4.79 Å². The third-order valence-corrected chi connectivity index (χ3v) is 5.38. The number of hydrogen-bond acceptors (Lipinski definition) is 3. The van der Waals surface area contributed by atoms with Crippen LogP contribution in [0, 0.1) is 12.3 Å². The van der Waals surface area contributed by atoms with Crippen molar-refractivity contribution in [2.75, 3.05) is 0 Å². The maximum atomic E-state index is 12.7. The average Bonchev–Trinajstić information content (AvgIpc) is 3.20. The van der Waals surface area contributed by atoms with E-state index >= 15 is 0 Å². The zero-order valence-electron chi connectivity index (χ0n) is 16.2. The van der Waals surface area contributed by atoms with Gasteiger partial charge in [0.25, 0.3) is 5.91 Å². The van der Waals surface area contributed by atoms with Gasteiger partial charge in [-0.05, 0) is 42.9 Å². The van der Waals surface area contributed by atoms with Crippen LogP contribution in [-0.2, 0) is 13.5 Å². The van der Waals surface area contributed by atoms with Gasteiger partial charge in [0, 0.05) is 18.8 Å². The maximum absolute atomic E-state index is 12.7. The molecule has 2 aromatic heterocycles. The first-order valence-electron chi connectivity index (χ1n) is 9.27. The Morgan fingerprint density at radius 1 is 1.22 bits per heavy atom. The van der Waals surface area contributed by atoms with Gasteiger partial charge >= 0.3 is 0 Å². The normalized spacial score (nSPS) is 18.1. The third kappa shape index (κ3) is 3.16. The van der Waals surface area contributed by atoms with E-state index in [0.29, 0.717) is 5.69 Å². The molecule has 0 aliphatic heterocycles. The Labute approximate surface area is 159 Å². The van der Waals surface area contributed by atoms with E-state index in [1.807, 2.05) is 23.0 Å². The molecule has 3 aromatic rings. The highest BCUT2D eigenvalue weighted by Gasteiger charge is 2.36. The van der Waals surface area contributed by atoms with Gasteiger partial charge in [0.15, 0.2) is 0 Å². The summed E-state index contributed by atoms with van der Waals surface area (Å²) in [5, 5.41) is 12.0. The monoisotopic (exact) mass is 363 g/mol. The predicted octanol–water partition coefficient (Wildman–Crippen LogP) is 3.36. The van der Waals surface area contributed by atoms with Crippen molar-refractivity contribution in [1.29, 1.82) is 0 Å². The van der Waals surface area contributed by atoms with Crippen LogP contribution < -0.4 is 5.32 Å². The Morgan fingerprint density at radius 2 is 2.00 bits per heavy atom. The molecule has 0 unspecified atom stereocenters. The van der Waals surface area contributed by atoms with Gasteiger partial charge < -0.3 is 5.32 Å². The lowest BCUT2D eigenvalue weighted by Crippen LogP contribution is -2.37. The summed E-state index contributed by atoms with van der Waals surface area (Å²) in [6.07, 6.45) is 5.35. The summed E-state index contributed by atoms with van der Waals surface area (Å²) in [4.78, 5) is 12.7. The Balaban J connectivity index is 1.72. The lowest BCUT2D eigenvalue weighted by molar-refractivity contribution is 0.0909. The van der Waals surface area contributed by atoms with Crippen LogP contribution in [0.25, 0.3) is 5.69 Å². The molecular formula is C21H25N5O. The first-order valence-corrected chi connectivity index (χ1v) is 9.27. The lowest BCUT2D eigenvalue weighted by atomic mass is 9.74. The molecule has 1 aliphatic rings. The number of fused-ring (bicyclic) bond motifs is 1. The largest absolute Gasteiger partial charge is 0.344 e. The molecule has 0 bridgehead atoms. The highest BCUT2D eigenvalue weighted by Crippen LogP contribution is 2.41. The van der Waals surface area contributed by atoms with Crippen molar-refractivity contribution in [3.63, 3.8) is 0 Å². The van der Waals surface area contributed by atoms with Crippen LogP contribution in [0.3, 0.4) is 0 Å². The number of carbonyl (C=O) groups is 1. The average molecular weight is 363 g/mol. The SMILES string of the molecule is Cc1ccccc1-n1ncc2c1CC(C)(C)C[C@H]2NC(=O)c1ccnn1C. The molecule has 2 heterocycles. The number of nitrogens with zero attached hydrogens (tertiary/aromatic N) is 4. The van der Waals surface area contributed by atoms with Crippen molar-refractivity contribution >= 4 is 5.91 Å². The summed E-state index contributed by atoms with van der Waals surface area (Å²) < 4.78 is 3.63. The van der Waals surface area contributed by atoms with Gasteiger partial charge in [-0.2, -0.15) is 10.2 Å². The van der Waals surface area contributed by atoms with Crippen molar-refractivity contribution in [3.05, 3.63) is 65.2 Å². The minimum absolute atomic E-state index is 0.0658. The van der Waals surface area contributed by atoms with Crippen molar-refractivity contribution in [3.8, 4) is 5.69 Å². The van der Waals surface area contributed by atoms with E-state index in [4.69, 9.17) is 0 Å². The van der Waals surface area contributed by atoms with Gasteiger partial charge in [-0.25, -0.2) is 4.68 Å². The van der Waals surface area contributed by atoms with Crippen LogP contribution in [0.2, 0.25) is 0 Å². The van der Waals surface area contributed by atoms with Gasteiger partial charge in [-0.3, -0.25) is 9.48 Å². The first-order chi connectivity index (χ1) is 12.9. The summed E-state index contributed by atoms with van der Waals surface area (Å²) in [6, 6.07) is 9.93. The minimum atomic E-state index is -0.104. The predicted molar refractivity (Wildman–Crippen MR) is 104 cm³/mol. The Bertz CT molecular complexity index is 998. The second kappa shape index (κ2) is 6.37. The van der Waals surface area contributed by atoms with E-state index in [0.717, 1.165) is 24.1 Å². The smallest absolute Gasteiger partial charge is 0.270 e. The molecule has 6 heteroatoms. The first kappa shape index (κ1) is 17.5. The van der Waals surface area contributed by atoms with Crippen LogP contribution >= 0.6 is 0 Å². The molecule has 6 nitrogen and oxygen atoms in total. The third-order valence-electron chi connectivity index (χ3n) is 5.38. The van der Waals surface area contributed by atoms with Crippen molar-refractivity contribution in [2.24, 2.45) is 12.5 Å². The number of hydrogen-bond donors (Lipinski definition) is 1. The highest BCUT2D eigenvalue weighted by atomic mass is 16.2. The molecule has 0 spiro atoms. The molecule has 0 fully saturated rings. The van der Waals surface area contributed by atoms with Crippen LogP contribution in [0.4, 0.5) is 0 Å². The number of aromatic nitrogens is 4. The molecule has 27 heavy (non-hydrogen) atoms. The van der Waals surface area contributed by atoms with E-state index in [1.54, 1.807) is 24.0 Å². The quantitative estimate of drug-likeness (QED) is 0.776. The minimum Gasteiger partial charge on any atom is -0.344 e. The zero-order chi connectivity index (χ0) is 19.2. The van der Waals surface area contributed by atoms with Gasteiger partial charge in [0.2, 0.25) is 0 Å². The molecule has 0 saturated carbocycles. The van der Waals surface area contributed by atoms with Gasteiger partial charge in [0.05, 0.1) is 23.6 Å². The Kier molecular flexibility index (Phi) is 4.13. The van der Waals surface area contributed by atoms with Crippen LogP contribution in [-0.4, -0.2) is 25.5 Å². The number of benzene rings is 1. The molecule has 1 atom stereocenters. The maximum Gasteiger partial charge on any atom is 0.270 e. The summed E-state index contributed by atoms with van der Waals surface area (Å²) in [5.41, 5.74) is 5.18. The highest BCUT2D eigenvalue weighted by molar-refractivity contribution is 5.92. The van der Waals surface area contributed by atoms with E-state index in [2.05, 4.69) is 48.4 Å². The van der Waals surface area contributed by atoms with E-state index in [9.17, 15) is 4.79 Å². The number of nitrogens with one attached hydrogen (secondary N) is 1. The van der Waals surface area contributed by atoms with Crippen molar-refractivity contribution in [2.45, 2.75) is 39.7 Å². The van der Waals surface area contributed by atoms with Gasteiger partial charge in [0.1, 0.15) is 5.69 Å². The summed E-state index contributed by atoms with van der Waals surface area (Å²) >= 11 is 0. The second-order valence-corrected chi connectivity index (χ2v) is 8.16. The Morgan fingerprint density at radius 3 is 2.70 bits per heavy atom. The number of aryl methyl sites for hydroxylation is 2. The molecule has 0 radical (unpaired) electrons. The fourth-order valence-electron chi connectivity index (χ4n) is 4.01. The van der Waals surface area contributed by atoms with E-state index in [-0.39, 0.29) is 17.4 Å². The van der Waals surface area contributed by atoms with Crippen molar-refractivity contribution in [1.82, 2.24) is 24.9 Å². The summed E-state index contributed by atoms with van der Waals surface area (Å²) in [6.45, 7) is 6.59. The standard InChI is InChI=1S/C21H25N5O/c1-14-7-5-6-8-17(14)26-19-12-21(2,3)11-16(15(19)13-23-26)24-20(27)18-9-10-22-25(18)4/h5-10,13,16H,11-12H2,1-4H3,(H,24,27)/t16-/m1/s1. The molecule has 1 aromatic carbocycles. The summed E-state index contributed by atoms with van der Waals surface area (Å²) in [7, 11) is 1.78. The lowest BCUT2D eigenvalue weighted by Gasteiger charge is -2.36. The molecule has 0 saturated heterocycles. The van der Waals surface area contributed by atoms with E-state index in [1.165, 1.54) is 11.3 Å². The number of rotatable bonds is 3. The molecule has 4 rings (SSSR count). The van der Waals surface area contributed by atoms with Crippen LogP contribution in [0.15, 0.2) is 42.7 Å². The van der Waals surface area contributed by atoms with Gasteiger partial charge in [-0.1, -0.05) is 32.0 Å². The second-order valence-electron chi connectivity index (χ2n) is 8.16. The molecular weight excluding hydrogens is 338 g/mol. The van der Waals surface area contributed by atoms with Crippen LogP contribution in [0.1, 0.15) is 53.6 Å². The van der Waals surface area contributed by atoms with E-state index < -0.39 is 0 Å². The molecule has 1 N–H and O–H groups in total. The van der Waals surface area contributed by atoms with Crippen LogP contribution in [0.5, 0.6) is 0 Å². The molecule has 1 amide bonds. The van der Waals surface area contributed by atoms with Gasteiger partial charge in [-0.15, -0.1) is 0 Å². The zero-order valence-corrected chi connectivity index (χ0v) is 16.2. The Hall–Kier alpha value is -2.89. The number of carbonyl (C=O) groups excluding carboxylic acids is 1.